The summed E-state index contributed by atoms with van der Waals surface area (Å²) in [6.45, 7) is 1.91. The van der Waals surface area contributed by atoms with E-state index < -0.39 is 0 Å². The number of nitriles is 1. The minimum absolute atomic E-state index is 0.485. The smallest absolute Gasteiger partial charge is 0.213 e. The van der Waals surface area contributed by atoms with E-state index in [2.05, 4.69) is 16.4 Å². The largest absolute Gasteiger partial charge is 0.493 e. The van der Waals surface area contributed by atoms with E-state index in [1.807, 2.05) is 30.3 Å². The Hall–Kier alpha value is -2.78. The Labute approximate surface area is 148 Å². The van der Waals surface area contributed by atoms with Gasteiger partial charge in [-0.3, -0.25) is 0 Å². The van der Waals surface area contributed by atoms with Crippen LogP contribution in [-0.4, -0.2) is 25.8 Å². The summed E-state index contributed by atoms with van der Waals surface area (Å²) in [6.07, 6.45) is 2.92. The zero-order valence-corrected chi connectivity index (χ0v) is 14.6. The number of aromatic nitrogens is 1. The van der Waals surface area contributed by atoms with Gasteiger partial charge in [0.25, 0.3) is 0 Å². The maximum Gasteiger partial charge on any atom is 0.213 e. The van der Waals surface area contributed by atoms with Crippen molar-refractivity contribution in [2.24, 2.45) is 0 Å². The molecule has 0 bridgehead atoms. The molecule has 2 rings (SSSR count). The van der Waals surface area contributed by atoms with E-state index in [0.29, 0.717) is 49.9 Å². The summed E-state index contributed by atoms with van der Waals surface area (Å²) in [5.74, 6) is 2.00. The maximum atomic E-state index is 8.58. The number of unbranched alkanes of at least 4 members (excludes halogenated alkanes) is 1. The predicted molar refractivity (Wildman–Crippen MR) is 94.7 cm³/mol. The van der Waals surface area contributed by atoms with Crippen LogP contribution < -0.4 is 19.5 Å². The first kappa shape index (κ1) is 18.6. The van der Waals surface area contributed by atoms with Crippen molar-refractivity contribution in [1.29, 1.82) is 5.26 Å². The zero-order chi connectivity index (χ0) is 17.9. The average molecular weight is 341 g/mol. The molecule has 1 aromatic heterocycles. The highest BCUT2D eigenvalue weighted by Gasteiger charge is 2.06. The van der Waals surface area contributed by atoms with Crippen molar-refractivity contribution in [1.82, 2.24) is 10.3 Å². The van der Waals surface area contributed by atoms with Gasteiger partial charge in [-0.25, -0.2) is 4.98 Å². The zero-order valence-electron chi connectivity index (χ0n) is 14.6. The van der Waals surface area contributed by atoms with E-state index >= 15 is 0 Å². The van der Waals surface area contributed by atoms with Crippen molar-refractivity contribution in [3.8, 4) is 23.4 Å². The summed E-state index contributed by atoms with van der Waals surface area (Å²) >= 11 is 0. The fourth-order valence-electron chi connectivity index (χ4n) is 2.30. The third-order valence-corrected chi connectivity index (χ3v) is 3.59. The molecule has 0 saturated carbocycles. The lowest BCUT2D eigenvalue weighted by atomic mass is 10.2. The molecule has 0 unspecified atom stereocenters. The Bertz CT molecular complexity index is 713. The van der Waals surface area contributed by atoms with Gasteiger partial charge in [-0.2, -0.15) is 5.26 Å². The van der Waals surface area contributed by atoms with E-state index in [1.165, 1.54) is 0 Å². The van der Waals surface area contributed by atoms with E-state index in [-0.39, 0.29) is 0 Å². The topological polar surface area (TPSA) is 76.4 Å². The minimum atomic E-state index is 0.485. The number of benzene rings is 1. The molecule has 0 fully saturated rings. The molecule has 25 heavy (non-hydrogen) atoms. The first-order valence-electron chi connectivity index (χ1n) is 8.13. The Morgan fingerprint density at radius 1 is 1.04 bits per heavy atom. The Kier molecular flexibility index (Phi) is 7.54. The summed E-state index contributed by atoms with van der Waals surface area (Å²) in [5, 5.41) is 12.0. The first-order valence-corrected chi connectivity index (χ1v) is 8.13. The van der Waals surface area contributed by atoms with E-state index in [9.17, 15) is 0 Å². The molecule has 6 heteroatoms. The lowest BCUT2D eigenvalue weighted by Crippen LogP contribution is -2.13. The number of nitrogens with one attached hydrogen (secondary N) is 1. The molecule has 0 amide bonds. The first-order chi connectivity index (χ1) is 12.3. The van der Waals surface area contributed by atoms with Gasteiger partial charge in [0.05, 0.1) is 26.9 Å². The highest BCUT2D eigenvalue weighted by molar-refractivity contribution is 5.43. The number of ether oxygens (including phenoxy) is 3. The van der Waals surface area contributed by atoms with Crippen LogP contribution in [0.5, 0.6) is 17.4 Å². The van der Waals surface area contributed by atoms with Crippen LogP contribution in [0, 0.1) is 11.3 Å². The van der Waals surface area contributed by atoms with Crippen LogP contribution >= 0.6 is 0 Å². The number of nitrogens with zero attached hydrogens (tertiary/aromatic N) is 2. The summed E-state index contributed by atoms with van der Waals surface area (Å²) < 4.78 is 16.2. The molecule has 132 valence electrons. The predicted octanol–water partition coefficient (Wildman–Crippen LogP) is 3.07. The van der Waals surface area contributed by atoms with Crippen molar-refractivity contribution in [3.05, 3.63) is 47.7 Å². The third-order valence-electron chi connectivity index (χ3n) is 3.59. The molecule has 0 aliphatic rings. The van der Waals surface area contributed by atoms with Crippen molar-refractivity contribution in [2.75, 3.05) is 20.8 Å². The molecule has 0 aliphatic heterocycles. The Balaban J connectivity index is 1.91. The normalized spacial score (nSPS) is 10.1. The number of hydrogen-bond acceptors (Lipinski definition) is 6. The van der Waals surface area contributed by atoms with Crippen LogP contribution in [0.3, 0.4) is 0 Å². The number of pyridine rings is 1. The molecule has 1 N–H and O–H groups in total. The molecule has 1 aromatic carbocycles. The standard InChI is InChI=1S/C19H23N3O3/c1-23-17-6-5-15(11-18(17)25-10-4-3-8-20)13-21-14-16-7-9-22-19(12-16)24-2/h5-7,9,11-12,21H,3-4,10,13-14H2,1-2H3. The van der Waals surface area contributed by atoms with Gasteiger partial charge >= 0.3 is 0 Å². The minimum Gasteiger partial charge on any atom is -0.493 e. The van der Waals surface area contributed by atoms with Crippen LogP contribution in [0.15, 0.2) is 36.5 Å². The van der Waals surface area contributed by atoms with E-state index in [1.54, 1.807) is 20.4 Å². The van der Waals surface area contributed by atoms with Gasteiger partial charge in [0.2, 0.25) is 5.88 Å². The molecule has 6 nitrogen and oxygen atoms in total. The lowest BCUT2D eigenvalue weighted by molar-refractivity contribution is 0.290. The molecule has 0 aliphatic carbocycles. The van der Waals surface area contributed by atoms with Gasteiger partial charge in [0.1, 0.15) is 0 Å². The van der Waals surface area contributed by atoms with Crippen molar-refractivity contribution < 1.29 is 14.2 Å². The fourth-order valence-corrected chi connectivity index (χ4v) is 2.30. The highest BCUT2D eigenvalue weighted by Crippen LogP contribution is 2.28. The van der Waals surface area contributed by atoms with E-state index in [4.69, 9.17) is 19.5 Å². The molecule has 1 heterocycles. The second kappa shape index (κ2) is 10.2. The van der Waals surface area contributed by atoms with Crippen molar-refractivity contribution in [2.45, 2.75) is 25.9 Å². The van der Waals surface area contributed by atoms with Gasteiger partial charge < -0.3 is 19.5 Å². The summed E-state index contributed by atoms with van der Waals surface area (Å²) in [5.41, 5.74) is 2.20. The molecule has 0 atom stereocenters. The van der Waals surface area contributed by atoms with Crippen LogP contribution in [0.25, 0.3) is 0 Å². The molecule has 0 spiro atoms. The van der Waals surface area contributed by atoms with Gasteiger partial charge in [0.15, 0.2) is 11.5 Å². The second-order valence-electron chi connectivity index (χ2n) is 5.41. The summed E-state index contributed by atoms with van der Waals surface area (Å²) in [7, 11) is 3.22. The number of rotatable bonds is 10. The number of hydrogen-bond donors (Lipinski definition) is 1. The number of methoxy groups -OCH3 is 2. The Morgan fingerprint density at radius 2 is 1.84 bits per heavy atom. The molecular weight excluding hydrogens is 318 g/mol. The maximum absolute atomic E-state index is 8.58. The second-order valence-corrected chi connectivity index (χ2v) is 5.41. The van der Waals surface area contributed by atoms with Crippen LogP contribution in [0.1, 0.15) is 24.0 Å². The van der Waals surface area contributed by atoms with E-state index in [0.717, 1.165) is 11.1 Å². The SMILES string of the molecule is COc1cc(CNCc2ccc(OC)c(OCCCC#N)c2)ccn1. The van der Waals surface area contributed by atoms with Crippen LogP contribution in [0.2, 0.25) is 0 Å². The van der Waals surface area contributed by atoms with Gasteiger partial charge in [-0.05, 0) is 35.7 Å². The highest BCUT2D eigenvalue weighted by atomic mass is 16.5. The molecule has 0 radical (unpaired) electrons. The third kappa shape index (κ3) is 5.98. The summed E-state index contributed by atoms with van der Waals surface area (Å²) in [4.78, 5) is 4.10. The molecular formula is C19H23N3O3. The Morgan fingerprint density at radius 3 is 2.56 bits per heavy atom. The van der Waals surface area contributed by atoms with Crippen molar-refractivity contribution >= 4 is 0 Å². The van der Waals surface area contributed by atoms with Crippen LogP contribution in [0.4, 0.5) is 0 Å². The van der Waals surface area contributed by atoms with Gasteiger partial charge in [-0.15, -0.1) is 0 Å². The fraction of sp³-hybridized carbons (Fsp3) is 0.368. The molecule has 0 saturated heterocycles. The summed E-state index contributed by atoms with van der Waals surface area (Å²) in [6, 6.07) is 11.8. The van der Waals surface area contributed by atoms with Gasteiger partial charge in [-0.1, -0.05) is 6.07 Å². The quantitative estimate of drug-likeness (QED) is 0.669. The average Bonchev–Trinajstić information content (AvgIpc) is 2.65. The van der Waals surface area contributed by atoms with Crippen molar-refractivity contribution in [3.63, 3.8) is 0 Å². The molecule has 2 aromatic rings. The monoisotopic (exact) mass is 341 g/mol. The van der Waals surface area contributed by atoms with Crippen LogP contribution in [-0.2, 0) is 13.1 Å². The lowest BCUT2D eigenvalue weighted by Gasteiger charge is -2.12. The van der Waals surface area contributed by atoms with Gasteiger partial charge in [0, 0.05) is 31.8 Å².